The number of amides is 1. The van der Waals surface area contributed by atoms with Crippen LogP contribution in [0.15, 0.2) is 18.2 Å². The lowest BCUT2D eigenvalue weighted by molar-refractivity contribution is -0.119. The number of benzene rings is 1. The minimum atomic E-state index is -0.433. The normalized spacial score (nSPS) is 22.0. The second-order valence-corrected chi connectivity index (χ2v) is 5.26. The molecule has 0 aliphatic carbocycles. The Morgan fingerprint density at radius 1 is 1.57 bits per heavy atom. The third-order valence-electron chi connectivity index (χ3n) is 3.21. The largest absolute Gasteiger partial charge is 0.367 e. The summed E-state index contributed by atoms with van der Waals surface area (Å²) < 4.78 is 19.2. The van der Waals surface area contributed by atoms with Crippen molar-refractivity contribution in [3.05, 3.63) is 34.6 Å². The van der Waals surface area contributed by atoms with Gasteiger partial charge in [-0.25, -0.2) is 4.39 Å². The Morgan fingerprint density at radius 3 is 3.00 bits per heavy atom. The van der Waals surface area contributed by atoms with Crippen LogP contribution in [0.4, 0.5) is 4.39 Å². The van der Waals surface area contributed by atoms with E-state index in [2.05, 4.69) is 10.6 Å². The highest BCUT2D eigenvalue weighted by Gasteiger charge is 2.22. The van der Waals surface area contributed by atoms with E-state index in [0.29, 0.717) is 13.1 Å². The second kappa shape index (κ2) is 8.54. The van der Waals surface area contributed by atoms with Gasteiger partial charge in [0.2, 0.25) is 5.91 Å². The SMILES string of the molecule is CC(=O)NCC1CNCCC(c2ccc(F)c(Cl)c2)O1.Cl. The maximum absolute atomic E-state index is 13.2. The van der Waals surface area contributed by atoms with Crippen LogP contribution < -0.4 is 10.6 Å². The molecule has 1 fully saturated rings. The molecular formula is C14H19Cl2FN2O2. The van der Waals surface area contributed by atoms with Crippen molar-refractivity contribution in [2.24, 2.45) is 0 Å². The van der Waals surface area contributed by atoms with E-state index in [1.54, 1.807) is 12.1 Å². The summed E-state index contributed by atoms with van der Waals surface area (Å²) in [6, 6.07) is 4.64. The zero-order chi connectivity index (χ0) is 14.5. The van der Waals surface area contributed by atoms with E-state index in [0.717, 1.165) is 18.5 Å². The third kappa shape index (κ3) is 5.43. The number of carbonyl (C=O) groups excluding carboxylic acids is 1. The van der Waals surface area contributed by atoms with Crippen molar-refractivity contribution >= 4 is 29.9 Å². The molecule has 7 heteroatoms. The quantitative estimate of drug-likeness (QED) is 0.891. The Hall–Kier alpha value is -0.880. The average Bonchev–Trinajstić information content (AvgIpc) is 2.65. The first-order valence-corrected chi connectivity index (χ1v) is 6.99. The van der Waals surface area contributed by atoms with E-state index in [-0.39, 0.29) is 35.5 Å². The predicted octanol–water partition coefficient (Wildman–Crippen LogP) is 2.46. The standard InChI is InChI=1S/C14H18ClFN2O2.ClH/c1-9(19)18-8-11-7-17-5-4-14(20-11)10-2-3-13(16)12(15)6-10;/h2-3,6,11,14,17H,4-5,7-8H2,1H3,(H,18,19);1H. The summed E-state index contributed by atoms with van der Waals surface area (Å²) >= 11 is 5.81. The molecule has 21 heavy (non-hydrogen) atoms. The highest BCUT2D eigenvalue weighted by molar-refractivity contribution is 6.30. The van der Waals surface area contributed by atoms with E-state index >= 15 is 0 Å². The lowest BCUT2D eigenvalue weighted by Gasteiger charge is -2.22. The predicted molar refractivity (Wildman–Crippen MR) is 82.4 cm³/mol. The second-order valence-electron chi connectivity index (χ2n) is 4.85. The fourth-order valence-corrected chi connectivity index (χ4v) is 2.37. The molecule has 2 rings (SSSR count). The Balaban J connectivity index is 0.00000220. The number of carbonyl (C=O) groups is 1. The zero-order valence-electron chi connectivity index (χ0n) is 11.7. The Kier molecular flexibility index (Phi) is 7.39. The minimum absolute atomic E-state index is 0. The number of hydrogen-bond acceptors (Lipinski definition) is 3. The van der Waals surface area contributed by atoms with Gasteiger partial charge in [0, 0.05) is 20.0 Å². The molecule has 0 saturated carbocycles. The summed E-state index contributed by atoms with van der Waals surface area (Å²) in [5.41, 5.74) is 0.855. The molecule has 2 unspecified atom stereocenters. The molecule has 1 saturated heterocycles. The van der Waals surface area contributed by atoms with Crippen LogP contribution in [0.5, 0.6) is 0 Å². The molecule has 1 amide bonds. The maximum atomic E-state index is 13.2. The first-order chi connectivity index (χ1) is 9.56. The Labute approximate surface area is 134 Å². The number of hydrogen-bond donors (Lipinski definition) is 2. The first-order valence-electron chi connectivity index (χ1n) is 6.62. The van der Waals surface area contributed by atoms with Crippen LogP contribution in [-0.4, -0.2) is 31.6 Å². The van der Waals surface area contributed by atoms with E-state index in [9.17, 15) is 9.18 Å². The summed E-state index contributed by atoms with van der Waals surface area (Å²) in [5, 5.41) is 6.11. The number of ether oxygens (including phenoxy) is 1. The number of halogens is 3. The molecule has 1 aromatic carbocycles. The number of rotatable bonds is 3. The summed E-state index contributed by atoms with van der Waals surface area (Å²) in [6.45, 7) is 3.40. The van der Waals surface area contributed by atoms with Gasteiger partial charge in [-0.3, -0.25) is 4.79 Å². The van der Waals surface area contributed by atoms with Gasteiger partial charge >= 0.3 is 0 Å². The summed E-state index contributed by atoms with van der Waals surface area (Å²) in [6.07, 6.45) is 0.510. The fourth-order valence-electron chi connectivity index (χ4n) is 2.18. The van der Waals surface area contributed by atoms with Crippen LogP contribution >= 0.6 is 24.0 Å². The molecule has 1 heterocycles. The van der Waals surface area contributed by atoms with Crippen molar-refractivity contribution in [1.29, 1.82) is 0 Å². The summed E-state index contributed by atoms with van der Waals surface area (Å²) in [4.78, 5) is 11.0. The number of nitrogens with one attached hydrogen (secondary N) is 2. The summed E-state index contributed by atoms with van der Waals surface area (Å²) in [5.74, 6) is -0.517. The van der Waals surface area contributed by atoms with Crippen molar-refractivity contribution in [1.82, 2.24) is 10.6 Å². The van der Waals surface area contributed by atoms with Gasteiger partial charge in [-0.1, -0.05) is 17.7 Å². The molecule has 118 valence electrons. The van der Waals surface area contributed by atoms with E-state index < -0.39 is 5.82 Å². The van der Waals surface area contributed by atoms with Gasteiger partial charge in [-0.15, -0.1) is 12.4 Å². The van der Waals surface area contributed by atoms with Gasteiger partial charge in [0.15, 0.2) is 0 Å². The van der Waals surface area contributed by atoms with Gasteiger partial charge in [-0.05, 0) is 30.7 Å². The van der Waals surface area contributed by atoms with Crippen LogP contribution in [0, 0.1) is 5.82 Å². The molecular weight excluding hydrogens is 318 g/mol. The van der Waals surface area contributed by atoms with E-state index in [4.69, 9.17) is 16.3 Å². The molecule has 2 N–H and O–H groups in total. The van der Waals surface area contributed by atoms with Crippen LogP contribution in [0.3, 0.4) is 0 Å². The minimum Gasteiger partial charge on any atom is -0.367 e. The van der Waals surface area contributed by atoms with Crippen molar-refractivity contribution in [2.75, 3.05) is 19.6 Å². The topological polar surface area (TPSA) is 50.4 Å². The molecule has 0 spiro atoms. The zero-order valence-corrected chi connectivity index (χ0v) is 13.3. The lowest BCUT2D eigenvalue weighted by Crippen LogP contribution is -2.37. The van der Waals surface area contributed by atoms with E-state index in [1.165, 1.54) is 13.0 Å². The smallest absolute Gasteiger partial charge is 0.216 e. The van der Waals surface area contributed by atoms with Gasteiger partial charge in [0.1, 0.15) is 5.82 Å². The molecule has 4 nitrogen and oxygen atoms in total. The van der Waals surface area contributed by atoms with Crippen molar-refractivity contribution in [2.45, 2.75) is 25.6 Å². The van der Waals surface area contributed by atoms with Crippen molar-refractivity contribution < 1.29 is 13.9 Å². The molecule has 1 aliphatic rings. The Morgan fingerprint density at radius 2 is 2.33 bits per heavy atom. The van der Waals surface area contributed by atoms with Gasteiger partial charge in [-0.2, -0.15) is 0 Å². The maximum Gasteiger partial charge on any atom is 0.216 e. The van der Waals surface area contributed by atoms with E-state index in [1.807, 2.05) is 0 Å². The molecule has 1 aromatic rings. The van der Waals surface area contributed by atoms with Gasteiger partial charge < -0.3 is 15.4 Å². The highest BCUT2D eigenvalue weighted by Crippen LogP contribution is 2.27. The van der Waals surface area contributed by atoms with Crippen LogP contribution in [0.25, 0.3) is 0 Å². The third-order valence-corrected chi connectivity index (χ3v) is 3.50. The van der Waals surface area contributed by atoms with Crippen LogP contribution in [0.1, 0.15) is 25.0 Å². The fraction of sp³-hybridized carbons (Fsp3) is 0.500. The average molecular weight is 337 g/mol. The van der Waals surface area contributed by atoms with Crippen molar-refractivity contribution in [3.63, 3.8) is 0 Å². The van der Waals surface area contributed by atoms with Gasteiger partial charge in [0.25, 0.3) is 0 Å². The first kappa shape index (κ1) is 18.2. The lowest BCUT2D eigenvalue weighted by atomic mass is 10.1. The highest BCUT2D eigenvalue weighted by atomic mass is 35.5. The monoisotopic (exact) mass is 336 g/mol. The Bertz CT molecular complexity index is 488. The molecule has 0 aromatic heterocycles. The molecule has 1 aliphatic heterocycles. The van der Waals surface area contributed by atoms with Crippen LogP contribution in [0.2, 0.25) is 5.02 Å². The van der Waals surface area contributed by atoms with Crippen LogP contribution in [-0.2, 0) is 9.53 Å². The molecule has 0 bridgehead atoms. The van der Waals surface area contributed by atoms with Gasteiger partial charge in [0.05, 0.1) is 17.2 Å². The van der Waals surface area contributed by atoms with Crippen molar-refractivity contribution in [3.8, 4) is 0 Å². The summed E-state index contributed by atoms with van der Waals surface area (Å²) in [7, 11) is 0. The molecule has 0 radical (unpaired) electrons. The molecule has 2 atom stereocenters.